The Hall–Kier alpha value is -0.770. The molecule has 2 fully saturated rings. The molecule has 0 aromatic heterocycles. The van der Waals surface area contributed by atoms with E-state index in [0.717, 1.165) is 39.3 Å². The van der Waals surface area contributed by atoms with E-state index in [0.29, 0.717) is 11.8 Å². The van der Waals surface area contributed by atoms with Crippen LogP contribution in [0.2, 0.25) is 0 Å². The number of piperidine rings is 1. The summed E-state index contributed by atoms with van der Waals surface area (Å²) in [6.45, 7) is 9.95. The first-order valence-electron chi connectivity index (χ1n) is 6.41. The Morgan fingerprint density at radius 3 is 2.19 bits per heavy atom. The molecular formula is C12H23N3O. The minimum atomic E-state index is 0.250. The van der Waals surface area contributed by atoms with Crippen molar-refractivity contribution >= 4 is 6.03 Å². The van der Waals surface area contributed by atoms with E-state index in [1.54, 1.807) is 0 Å². The maximum Gasteiger partial charge on any atom is 0.320 e. The van der Waals surface area contributed by atoms with Gasteiger partial charge < -0.3 is 15.1 Å². The Bertz CT molecular complexity index is 241. The van der Waals surface area contributed by atoms with Gasteiger partial charge in [-0.05, 0) is 18.3 Å². The molecule has 0 radical (unpaired) electrons. The maximum atomic E-state index is 12.3. The van der Waals surface area contributed by atoms with Crippen LogP contribution in [0, 0.1) is 11.8 Å². The number of carbonyl (C=O) groups is 1. The second-order valence-corrected chi connectivity index (χ2v) is 5.37. The van der Waals surface area contributed by atoms with E-state index in [1.807, 2.05) is 9.80 Å². The van der Waals surface area contributed by atoms with Crippen LogP contribution in [0.1, 0.15) is 20.3 Å². The van der Waals surface area contributed by atoms with Gasteiger partial charge in [-0.15, -0.1) is 0 Å². The average Bonchev–Trinajstić information content (AvgIpc) is 2.28. The van der Waals surface area contributed by atoms with Gasteiger partial charge in [-0.2, -0.15) is 0 Å². The van der Waals surface area contributed by atoms with E-state index in [-0.39, 0.29) is 6.03 Å². The predicted octanol–water partition coefficient (Wildman–Crippen LogP) is 0.990. The zero-order chi connectivity index (χ0) is 11.5. The summed E-state index contributed by atoms with van der Waals surface area (Å²) in [5, 5.41) is 3.28. The normalized spacial score (nSPS) is 31.6. The number of rotatable bonds is 0. The van der Waals surface area contributed by atoms with E-state index in [2.05, 4.69) is 19.2 Å². The lowest BCUT2D eigenvalue weighted by Crippen LogP contribution is -2.54. The number of nitrogens with zero attached hydrogens (tertiary/aromatic N) is 2. The molecule has 2 aliphatic heterocycles. The highest BCUT2D eigenvalue weighted by atomic mass is 16.2. The zero-order valence-corrected chi connectivity index (χ0v) is 10.4. The molecule has 2 rings (SSSR count). The molecule has 0 aromatic rings. The van der Waals surface area contributed by atoms with Crippen LogP contribution in [0.4, 0.5) is 4.79 Å². The van der Waals surface area contributed by atoms with Crippen molar-refractivity contribution in [2.24, 2.45) is 11.8 Å². The Labute approximate surface area is 98.0 Å². The van der Waals surface area contributed by atoms with E-state index in [1.165, 1.54) is 6.42 Å². The largest absolute Gasteiger partial charge is 0.324 e. The summed E-state index contributed by atoms with van der Waals surface area (Å²) in [5.41, 5.74) is 0. The summed E-state index contributed by atoms with van der Waals surface area (Å²) >= 11 is 0. The van der Waals surface area contributed by atoms with Crippen molar-refractivity contribution in [3.63, 3.8) is 0 Å². The Balaban J connectivity index is 1.92. The molecule has 0 bridgehead atoms. The molecule has 2 heterocycles. The van der Waals surface area contributed by atoms with Gasteiger partial charge in [-0.25, -0.2) is 4.79 Å². The number of nitrogens with one attached hydrogen (secondary N) is 1. The summed E-state index contributed by atoms with van der Waals surface area (Å²) in [6.07, 6.45) is 1.26. The molecule has 1 N–H and O–H groups in total. The van der Waals surface area contributed by atoms with Crippen molar-refractivity contribution in [2.45, 2.75) is 20.3 Å². The number of hydrogen-bond acceptors (Lipinski definition) is 2. The second kappa shape index (κ2) is 5.04. The fraction of sp³-hybridized carbons (Fsp3) is 0.917. The van der Waals surface area contributed by atoms with Gasteiger partial charge in [-0.1, -0.05) is 13.8 Å². The molecular weight excluding hydrogens is 202 g/mol. The third kappa shape index (κ3) is 2.67. The van der Waals surface area contributed by atoms with Gasteiger partial charge in [0.1, 0.15) is 0 Å². The van der Waals surface area contributed by atoms with Crippen molar-refractivity contribution in [3.05, 3.63) is 0 Å². The van der Waals surface area contributed by atoms with Crippen LogP contribution >= 0.6 is 0 Å². The molecule has 4 nitrogen and oxygen atoms in total. The first-order chi connectivity index (χ1) is 7.66. The third-order valence-electron chi connectivity index (χ3n) is 3.53. The maximum absolute atomic E-state index is 12.3. The molecule has 2 amide bonds. The molecule has 92 valence electrons. The summed E-state index contributed by atoms with van der Waals surface area (Å²) in [5.74, 6) is 1.30. The Morgan fingerprint density at radius 1 is 1.06 bits per heavy atom. The molecule has 0 saturated carbocycles. The van der Waals surface area contributed by atoms with Crippen molar-refractivity contribution in [3.8, 4) is 0 Å². The first-order valence-corrected chi connectivity index (χ1v) is 6.41. The highest BCUT2D eigenvalue weighted by molar-refractivity contribution is 5.74. The molecule has 2 saturated heterocycles. The van der Waals surface area contributed by atoms with Crippen molar-refractivity contribution in [1.29, 1.82) is 0 Å². The molecule has 0 aromatic carbocycles. The Kier molecular flexibility index (Phi) is 3.69. The molecule has 0 aliphatic carbocycles. The highest BCUT2D eigenvalue weighted by Gasteiger charge is 2.28. The average molecular weight is 225 g/mol. The van der Waals surface area contributed by atoms with Crippen molar-refractivity contribution in [1.82, 2.24) is 15.1 Å². The minimum absolute atomic E-state index is 0.250. The standard InChI is InChI=1S/C12H23N3O/c1-10-7-11(2)9-15(8-10)12(16)14-5-3-13-4-6-14/h10-11,13H,3-9H2,1-2H3. The zero-order valence-electron chi connectivity index (χ0n) is 10.4. The summed E-state index contributed by atoms with van der Waals surface area (Å²) in [7, 11) is 0. The van der Waals surface area contributed by atoms with Crippen LogP contribution in [0.25, 0.3) is 0 Å². The fourth-order valence-corrected chi connectivity index (χ4v) is 2.88. The molecule has 4 heteroatoms. The van der Waals surface area contributed by atoms with Gasteiger partial charge in [-0.3, -0.25) is 0 Å². The number of likely N-dealkylation sites (tertiary alicyclic amines) is 1. The lowest BCUT2D eigenvalue weighted by Gasteiger charge is -2.39. The van der Waals surface area contributed by atoms with Gasteiger partial charge in [0.25, 0.3) is 0 Å². The number of urea groups is 1. The van der Waals surface area contributed by atoms with Gasteiger partial charge in [0, 0.05) is 39.3 Å². The highest BCUT2D eigenvalue weighted by Crippen LogP contribution is 2.21. The molecule has 2 unspecified atom stereocenters. The van der Waals surface area contributed by atoms with E-state index < -0.39 is 0 Å². The van der Waals surface area contributed by atoms with Crippen LogP contribution in [0.15, 0.2) is 0 Å². The van der Waals surface area contributed by atoms with Crippen molar-refractivity contribution < 1.29 is 4.79 Å². The summed E-state index contributed by atoms with van der Waals surface area (Å²) in [6, 6.07) is 0.250. The second-order valence-electron chi connectivity index (χ2n) is 5.37. The van der Waals surface area contributed by atoms with Crippen LogP contribution in [0.3, 0.4) is 0 Å². The van der Waals surface area contributed by atoms with Crippen molar-refractivity contribution in [2.75, 3.05) is 39.3 Å². The smallest absolute Gasteiger partial charge is 0.320 e. The molecule has 0 spiro atoms. The van der Waals surface area contributed by atoms with E-state index in [9.17, 15) is 4.79 Å². The van der Waals surface area contributed by atoms with Crippen LogP contribution in [-0.4, -0.2) is 55.1 Å². The molecule has 2 aliphatic rings. The quantitative estimate of drug-likeness (QED) is 0.667. The van der Waals surface area contributed by atoms with E-state index in [4.69, 9.17) is 0 Å². The van der Waals surface area contributed by atoms with Crippen LogP contribution in [-0.2, 0) is 0 Å². The minimum Gasteiger partial charge on any atom is -0.324 e. The van der Waals surface area contributed by atoms with Gasteiger partial charge in [0.05, 0.1) is 0 Å². The van der Waals surface area contributed by atoms with Crippen LogP contribution in [0.5, 0.6) is 0 Å². The number of piperazine rings is 1. The fourth-order valence-electron chi connectivity index (χ4n) is 2.88. The SMILES string of the molecule is CC1CC(C)CN(C(=O)N2CCNCC2)C1. The summed E-state index contributed by atoms with van der Waals surface area (Å²) < 4.78 is 0. The van der Waals surface area contributed by atoms with Gasteiger partial charge in [0.15, 0.2) is 0 Å². The van der Waals surface area contributed by atoms with Gasteiger partial charge >= 0.3 is 6.03 Å². The Morgan fingerprint density at radius 2 is 1.62 bits per heavy atom. The first kappa shape index (κ1) is 11.7. The van der Waals surface area contributed by atoms with Crippen LogP contribution < -0.4 is 5.32 Å². The number of amides is 2. The monoisotopic (exact) mass is 225 g/mol. The van der Waals surface area contributed by atoms with E-state index >= 15 is 0 Å². The number of hydrogen-bond donors (Lipinski definition) is 1. The third-order valence-corrected chi connectivity index (χ3v) is 3.53. The molecule has 16 heavy (non-hydrogen) atoms. The lowest BCUT2D eigenvalue weighted by atomic mass is 9.92. The predicted molar refractivity (Wildman–Crippen MR) is 64.4 cm³/mol. The topological polar surface area (TPSA) is 35.6 Å². The summed E-state index contributed by atoms with van der Waals surface area (Å²) in [4.78, 5) is 16.3. The number of carbonyl (C=O) groups excluding carboxylic acids is 1. The lowest BCUT2D eigenvalue weighted by molar-refractivity contribution is 0.110. The van der Waals surface area contributed by atoms with Gasteiger partial charge in [0.2, 0.25) is 0 Å². The molecule has 2 atom stereocenters.